The fourth-order valence-corrected chi connectivity index (χ4v) is 1.81. The number of nitrogens with one attached hydrogen (secondary N) is 1. The topological polar surface area (TPSA) is 27.6 Å². The molecule has 5 heteroatoms. The van der Waals surface area contributed by atoms with Crippen molar-refractivity contribution in [1.29, 1.82) is 0 Å². The third-order valence-corrected chi connectivity index (χ3v) is 2.89. The summed E-state index contributed by atoms with van der Waals surface area (Å²) in [6, 6.07) is 6.20. The molecule has 0 radical (unpaired) electrons. The molecule has 3 nitrogen and oxygen atoms in total. The maximum atomic E-state index is 12.8. The van der Waals surface area contributed by atoms with E-state index in [1.54, 1.807) is 17.0 Å². The van der Waals surface area contributed by atoms with Gasteiger partial charge in [0.25, 0.3) is 0 Å². The molecule has 0 amide bonds. The molecule has 1 aliphatic rings. The van der Waals surface area contributed by atoms with Crippen molar-refractivity contribution >= 4 is 22.6 Å². The molecule has 1 N–H and O–H groups in total. The van der Waals surface area contributed by atoms with Crippen molar-refractivity contribution in [3.8, 4) is 0 Å². The molecule has 0 spiro atoms. The van der Waals surface area contributed by atoms with Crippen LogP contribution in [0.15, 0.2) is 41.0 Å². The van der Waals surface area contributed by atoms with Gasteiger partial charge in [-0.05, 0) is 48.9 Å². The van der Waals surface area contributed by atoms with Crippen LogP contribution < -0.4 is 5.32 Å². The first-order valence-electron chi connectivity index (χ1n) is 5.24. The SMILES string of the molecule is CC1=CC(Nc2ccc(F)cc2)N(C)C(Cl)=N1. The monoisotopic (exact) mass is 253 g/mol. The third-order valence-electron chi connectivity index (χ3n) is 2.53. The minimum absolute atomic E-state index is 0.0783. The Balaban J connectivity index is 2.14. The summed E-state index contributed by atoms with van der Waals surface area (Å²) < 4.78 is 12.8. The van der Waals surface area contributed by atoms with Gasteiger partial charge in [-0.15, -0.1) is 0 Å². The van der Waals surface area contributed by atoms with Crippen molar-refractivity contribution in [2.24, 2.45) is 4.99 Å². The van der Waals surface area contributed by atoms with Gasteiger partial charge in [0.15, 0.2) is 5.29 Å². The van der Waals surface area contributed by atoms with E-state index in [0.717, 1.165) is 11.4 Å². The lowest BCUT2D eigenvalue weighted by Crippen LogP contribution is -2.40. The number of hydrogen-bond donors (Lipinski definition) is 1. The molecule has 0 saturated heterocycles. The van der Waals surface area contributed by atoms with E-state index >= 15 is 0 Å². The number of nitrogens with zero attached hydrogens (tertiary/aromatic N) is 2. The highest BCUT2D eigenvalue weighted by molar-refractivity contribution is 6.64. The van der Waals surface area contributed by atoms with E-state index in [1.807, 2.05) is 20.0 Å². The second kappa shape index (κ2) is 4.75. The molecule has 17 heavy (non-hydrogen) atoms. The summed E-state index contributed by atoms with van der Waals surface area (Å²) in [5.74, 6) is -0.251. The van der Waals surface area contributed by atoms with Crippen LogP contribution >= 0.6 is 11.6 Å². The Kier molecular flexibility index (Phi) is 3.33. The summed E-state index contributed by atoms with van der Waals surface area (Å²) in [7, 11) is 1.84. The highest BCUT2D eigenvalue weighted by Crippen LogP contribution is 2.17. The van der Waals surface area contributed by atoms with Gasteiger partial charge in [-0.1, -0.05) is 0 Å². The highest BCUT2D eigenvalue weighted by Gasteiger charge is 2.18. The standard InChI is InChI=1S/C12H13ClFN3/c1-8-7-11(17(2)12(13)15-8)16-10-5-3-9(14)4-6-10/h3-7,11,16H,1-2H3. The first-order chi connectivity index (χ1) is 8.06. The number of anilines is 1. The molecule has 0 bridgehead atoms. The van der Waals surface area contributed by atoms with Crippen LogP contribution in [0.2, 0.25) is 0 Å². The number of likely N-dealkylation sites (N-methyl/N-ethyl adjacent to an activating group) is 1. The lowest BCUT2D eigenvalue weighted by Gasteiger charge is -2.30. The molecule has 0 fully saturated rings. The van der Waals surface area contributed by atoms with Crippen LogP contribution in [0.1, 0.15) is 6.92 Å². The van der Waals surface area contributed by atoms with Gasteiger partial charge in [0, 0.05) is 18.4 Å². The van der Waals surface area contributed by atoms with Gasteiger partial charge in [-0.25, -0.2) is 9.38 Å². The van der Waals surface area contributed by atoms with Crippen LogP contribution in [-0.2, 0) is 0 Å². The van der Waals surface area contributed by atoms with E-state index in [9.17, 15) is 4.39 Å². The van der Waals surface area contributed by atoms with Crippen LogP contribution in [0.3, 0.4) is 0 Å². The Morgan fingerprint density at radius 3 is 2.65 bits per heavy atom. The van der Waals surface area contributed by atoms with Crippen LogP contribution in [0.4, 0.5) is 10.1 Å². The molecule has 1 aromatic carbocycles. The molecule has 2 rings (SSSR count). The zero-order valence-electron chi connectivity index (χ0n) is 9.61. The molecular formula is C12H13ClFN3. The summed E-state index contributed by atoms with van der Waals surface area (Å²) in [6.45, 7) is 1.88. The molecule has 0 aromatic heterocycles. The molecular weight excluding hydrogens is 241 g/mol. The van der Waals surface area contributed by atoms with E-state index in [0.29, 0.717) is 5.29 Å². The first kappa shape index (κ1) is 11.9. The van der Waals surface area contributed by atoms with E-state index in [1.165, 1.54) is 12.1 Å². The maximum absolute atomic E-state index is 12.8. The van der Waals surface area contributed by atoms with Crippen molar-refractivity contribution < 1.29 is 4.39 Å². The quantitative estimate of drug-likeness (QED) is 0.821. The van der Waals surface area contributed by atoms with Crippen molar-refractivity contribution in [2.75, 3.05) is 12.4 Å². The molecule has 1 atom stereocenters. The summed E-state index contributed by atoms with van der Waals surface area (Å²) >= 11 is 5.98. The second-order valence-corrected chi connectivity index (χ2v) is 4.23. The van der Waals surface area contributed by atoms with E-state index in [2.05, 4.69) is 10.3 Å². The molecule has 1 heterocycles. The van der Waals surface area contributed by atoms with Crippen LogP contribution in [0, 0.1) is 5.82 Å². The Hall–Kier alpha value is -1.55. The van der Waals surface area contributed by atoms with E-state index in [4.69, 9.17) is 11.6 Å². The number of halogens is 2. The predicted molar refractivity (Wildman–Crippen MR) is 68.6 cm³/mol. The average molecular weight is 254 g/mol. The van der Waals surface area contributed by atoms with Crippen LogP contribution in [0.25, 0.3) is 0 Å². The van der Waals surface area contributed by atoms with Crippen molar-refractivity contribution in [3.05, 3.63) is 41.9 Å². The molecule has 1 unspecified atom stereocenters. The van der Waals surface area contributed by atoms with Crippen molar-refractivity contribution in [2.45, 2.75) is 13.1 Å². The highest BCUT2D eigenvalue weighted by atomic mass is 35.5. The number of hydrogen-bond acceptors (Lipinski definition) is 3. The number of amidine groups is 1. The second-order valence-electron chi connectivity index (χ2n) is 3.90. The van der Waals surface area contributed by atoms with Crippen molar-refractivity contribution in [1.82, 2.24) is 4.90 Å². The Labute approximate surface area is 105 Å². The fourth-order valence-electron chi connectivity index (χ4n) is 1.57. The van der Waals surface area contributed by atoms with Gasteiger partial charge >= 0.3 is 0 Å². The molecule has 0 aliphatic carbocycles. The van der Waals surface area contributed by atoms with Crippen molar-refractivity contribution in [3.63, 3.8) is 0 Å². The molecule has 90 valence electrons. The smallest absolute Gasteiger partial charge is 0.200 e. The van der Waals surface area contributed by atoms with Gasteiger partial charge in [-0.2, -0.15) is 0 Å². The number of aliphatic imine (C=N–C) groups is 1. The normalized spacial score (nSPS) is 19.8. The summed E-state index contributed by atoms with van der Waals surface area (Å²) in [5.41, 5.74) is 1.69. The molecule has 1 aromatic rings. The van der Waals surface area contributed by atoms with Crippen LogP contribution in [0.5, 0.6) is 0 Å². The first-order valence-corrected chi connectivity index (χ1v) is 5.61. The third kappa shape index (κ3) is 2.77. The van der Waals surface area contributed by atoms with Crippen LogP contribution in [-0.4, -0.2) is 23.4 Å². The number of benzene rings is 1. The fraction of sp³-hybridized carbons (Fsp3) is 0.250. The van der Waals surface area contributed by atoms with E-state index in [-0.39, 0.29) is 12.0 Å². The molecule has 1 aliphatic heterocycles. The number of rotatable bonds is 2. The minimum atomic E-state index is -0.251. The summed E-state index contributed by atoms with van der Waals surface area (Å²) in [6.07, 6.45) is 1.88. The van der Waals surface area contributed by atoms with E-state index < -0.39 is 0 Å². The lowest BCUT2D eigenvalue weighted by molar-refractivity contribution is 0.459. The Morgan fingerprint density at radius 2 is 2.00 bits per heavy atom. The Morgan fingerprint density at radius 1 is 1.35 bits per heavy atom. The lowest BCUT2D eigenvalue weighted by atomic mass is 10.2. The van der Waals surface area contributed by atoms with Gasteiger partial charge in [0.1, 0.15) is 12.0 Å². The van der Waals surface area contributed by atoms with Gasteiger partial charge in [0.2, 0.25) is 0 Å². The maximum Gasteiger partial charge on any atom is 0.200 e. The average Bonchev–Trinajstić information content (AvgIpc) is 2.28. The molecule has 0 saturated carbocycles. The van der Waals surface area contributed by atoms with Gasteiger partial charge in [0.05, 0.1) is 0 Å². The summed E-state index contributed by atoms with van der Waals surface area (Å²) in [4.78, 5) is 5.94. The minimum Gasteiger partial charge on any atom is -0.362 e. The zero-order valence-corrected chi connectivity index (χ0v) is 10.4. The van der Waals surface area contributed by atoms with Gasteiger partial charge in [-0.3, -0.25) is 0 Å². The summed E-state index contributed by atoms with van der Waals surface area (Å²) in [5, 5.41) is 3.67. The Bertz CT molecular complexity index is 467. The van der Waals surface area contributed by atoms with Gasteiger partial charge < -0.3 is 10.2 Å². The number of allylic oxidation sites excluding steroid dienone is 1. The largest absolute Gasteiger partial charge is 0.362 e. The zero-order chi connectivity index (χ0) is 12.4. The predicted octanol–water partition coefficient (Wildman–Crippen LogP) is 3.01.